The minimum Gasteiger partial charge on any atom is -0.491 e. The lowest BCUT2D eigenvalue weighted by Crippen LogP contribution is -2.03. The van der Waals surface area contributed by atoms with Crippen LogP contribution in [0.1, 0.15) is 24.2 Å². The van der Waals surface area contributed by atoms with Crippen molar-refractivity contribution in [2.75, 3.05) is 6.61 Å². The van der Waals surface area contributed by atoms with Crippen molar-refractivity contribution < 1.29 is 18.3 Å². The molecule has 76 valence electrons. The van der Waals surface area contributed by atoms with Crippen LogP contribution >= 0.6 is 0 Å². The van der Waals surface area contributed by atoms with Gasteiger partial charge in [0.1, 0.15) is 5.82 Å². The monoisotopic (exact) mass is 200 g/mol. The van der Waals surface area contributed by atoms with E-state index >= 15 is 0 Å². The Bertz CT molecular complexity index is 361. The van der Waals surface area contributed by atoms with E-state index in [1.54, 1.807) is 6.92 Å². The van der Waals surface area contributed by atoms with Gasteiger partial charge in [-0.05, 0) is 19.9 Å². The van der Waals surface area contributed by atoms with Crippen LogP contribution in [0.2, 0.25) is 0 Å². The molecule has 0 bridgehead atoms. The lowest BCUT2D eigenvalue weighted by Gasteiger charge is -2.07. The van der Waals surface area contributed by atoms with Gasteiger partial charge in [0.25, 0.3) is 0 Å². The molecule has 0 saturated carbocycles. The molecule has 0 heterocycles. The minimum atomic E-state index is -0.805. The van der Waals surface area contributed by atoms with E-state index in [-0.39, 0.29) is 17.9 Å². The van der Waals surface area contributed by atoms with E-state index in [0.717, 1.165) is 12.1 Å². The Morgan fingerprint density at radius 3 is 2.57 bits per heavy atom. The van der Waals surface area contributed by atoms with E-state index < -0.39 is 17.4 Å². The molecular formula is C10H10F2O2. The summed E-state index contributed by atoms with van der Waals surface area (Å²) < 4.78 is 31.1. The molecule has 0 saturated heterocycles. The zero-order valence-corrected chi connectivity index (χ0v) is 7.93. The number of hydrogen-bond donors (Lipinski definition) is 0. The first kappa shape index (κ1) is 10.6. The number of Topliss-reactive ketones (excluding diaryl/α,β-unsaturated/α-hetero) is 1. The molecule has 0 spiro atoms. The molecule has 1 rings (SSSR count). The second kappa shape index (κ2) is 4.17. The van der Waals surface area contributed by atoms with E-state index in [0.29, 0.717) is 0 Å². The molecule has 0 N–H and O–H groups in total. The highest BCUT2D eigenvalue weighted by Crippen LogP contribution is 2.22. The molecule has 14 heavy (non-hydrogen) atoms. The summed E-state index contributed by atoms with van der Waals surface area (Å²) >= 11 is 0. The van der Waals surface area contributed by atoms with E-state index in [1.165, 1.54) is 6.92 Å². The van der Waals surface area contributed by atoms with Crippen molar-refractivity contribution in [1.82, 2.24) is 0 Å². The highest BCUT2D eigenvalue weighted by Gasteiger charge is 2.14. The Morgan fingerprint density at radius 2 is 2.07 bits per heavy atom. The van der Waals surface area contributed by atoms with Crippen LogP contribution in [0, 0.1) is 11.6 Å². The molecule has 1 aromatic rings. The second-order valence-corrected chi connectivity index (χ2v) is 2.75. The average molecular weight is 200 g/mol. The summed E-state index contributed by atoms with van der Waals surface area (Å²) in [6, 6.07) is 1.78. The van der Waals surface area contributed by atoms with Crippen molar-refractivity contribution in [1.29, 1.82) is 0 Å². The quantitative estimate of drug-likeness (QED) is 0.701. The third-order valence-electron chi connectivity index (χ3n) is 1.68. The minimum absolute atomic E-state index is 0.220. The summed E-state index contributed by atoms with van der Waals surface area (Å²) in [6.45, 7) is 3.04. The third-order valence-corrected chi connectivity index (χ3v) is 1.68. The van der Waals surface area contributed by atoms with Gasteiger partial charge in [-0.2, -0.15) is 0 Å². The smallest absolute Gasteiger partial charge is 0.176 e. The zero-order chi connectivity index (χ0) is 10.7. The largest absolute Gasteiger partial charge is 0.491 e. The fourth-order valence-corrected chi connectivity index (χ4v) is 1.08. The fourth-order valence-electron chi connectivity index (χ4n) is 1.08. The van der Waals surface area contributed by atoms with Crippen LogP contribution in [-0.4, -0.2) is 12.4 Å². The van der Waals surface area contributed by atoms with Crippen molar-refractivity contribution >= 4 is 5.78 Å². The highest BCUT2D eigenvalue weighted by molar-refractivity contribution is 5.94. The number of ether oxygens (including phenoxy) is 1. The zero-order valence-electron chi connectivity index (χ0n) is 7.93. The Labute approximate surface area is 80.5 Å². The van der Waals surface area contributed by atoms with Crippen LogP contribution in [0.5, 0.6) is 5.75 Å². The van der Waals surface area contributed by atoms with Gasteiger partial charge >= 0.3 is 0 Å². The topological polar surface area (TPSA) is 26.3 Å². The molecule has 0 radical (unpaired) electrons. The van der Waals surface area contributed by atoms with Crippen molar-refractivity contribution in [2.24, 2.45) is 0 Å². The number of hydrogen-bond acceptors (Lipinski definition) is 2. The molecule has 0 aromatic heterocycles. The molecular weight excluding hydrogens is 190 g/mol. The summed E-state index contributed by atoms with van der Waals surface area (Å²) in [5.41, 5.74) is -0.284. The molecule has 0 atom stereocenters. The molecule has 0 unspecified atom stereocenters. The molecule has 0 aliphatic carbocycles. The van der Waals surface area contributed by atoms with Crippen LogP contribution in [-0.2, 0) is 0 Å². The summed E-state index contributed by atoms with van der Waals surface area (Å²) in [7, 11) is 0. The number of carbonyl (C=O) groups is 1. The van der Waals surface area contributed by atoms with Gasteiger partial charge in [0.05, 0.1) is 12.2 Å². The molecule has 1 aromatic carbocycles. The summed E-state index contributed by atoms with van der Waals surface area (Å²) in [5.74, 6) is -2.23. The van der Waals surface area contributed by atoms with Gasteiger partial charge in [0.15, 0.2) is 17.3 Å². The molecule has 0 fully saturated rings. The third kappa shape index (κ3) is 2.07. The molecule has 4 heteroatoms. The normalized spacial score (nSPS) is 10.0. The Balaban J connectivity index is 3.24. The Kier molecular flexibility index (Phi) is 3.17. The van der Waals surface area contributed by atoms with Crippen molar-refractivity contribution in [3.63, 3.8) is 0 Å². The Hall–Kier alpha value is -1.45. The number of ketones is 1. The van der Waals surface area contributed by atoms with Gasteiger partial charge < -0.3 is 4.74 Å². The van der Waals surface area contributed by atoms with E-state index in [9.17, 15) is 13.6 Å². The molecule has 0 aliphatic rings. The average Bonchev–Trinajstić information content (AvgIpc) is 2.10. The van der Waals surface area contributed by atoms with E-state index in [4.69, 9.17) is 4.74 Å². The van der Waals surface area contributed by atoms with Crippen molar-refractivity contribution in [2.45, 2.75) is 13.8 Å². The predicted molar refractivity (Wildman–Crippen MR) is 47.5 cm³/mol. The maximum atomic E-state index is 13.4. The van der Waals surface area contributed by atoms with Gasteiger partial charge in [0.2, 0.25) is 0 Å². The highest BCUT2D eigenvalue weighted by atomic mass is 19.1. The maximum absolute atomic E-state index is 13.4. The van der Waals surface area contributed by atoms with Crippen LogP contribution in [0.15, 0.2) is 12.1 Å². The molecule has 2 nitrogen and oxygen atoms in total. The predicted octanol–water partition coefficient (Wildman–Crippen LogP) is 2.57. The first-order valence-corrected chi connectivity index (χ1v) is 4.19. The van der Waals surface area contributed by atoms with Gasteiger partial charge in [-0.15, -0.1) is 0 Å². The SMILES string of the molecule is CCOc1cc(F)cc(C(C)=O)c1F. The first-order valence-electron chi connectivity index (χ1n) is 4.19. The van der Waals surface area contributed by atoms with Gasteiger partial charge in [-0.3, -0.25) is 4.79 Å². The first-order chi connectivity index (χ1) is 6.56. The summed E-state index contributed by atoms with van der Waals surface area (Å²) in [5, 5.41) is 0. The summed E-state index contributed by atoms with van der Waals surface area (Å²) in [4.78, 5) is 10.9. The lowest BCUT2D eigenvalue weighted by molar-refractivity contribution is 0.101. The number of benzene rings is 1. The van der Waals surface area contributed by atoms with E-state index in [2.05, 4.69) is 0 Å². The number of halogens is 2. The molecule has 0 aliphatic heterocycles. The maximum Gasteiger partial charge on any atom is 0.176 e. The van der Waals surface area contributed by atoms with Crippen LogP contribution < -0.4 is 4.74 Å². The van der Waals surface area contributed by atoms with Crippen molar-refractivity contribution in [3.8, 4) is 5.75 Å². The van der Waals surface area contributed by atoms with Gasteiger partial charge in [-0.25, -0.2) is 8.78 Å². The fraction of sp³-hybridized carbons (Fsp3) is 0.300. The Morgan fingerprint density at radius 1 is 1.43 bits per heavy atom. The lowest BCUT2D eigenvalue weighted by atomic mass is 10.1. The van der Waals surface area contributed by atoms with Crippen LogP contribution in [0.4, 0.5) is 8.78 Å². The van der Waals surface area contributed by atoms with Crippen molar-refractivity contribution in [3.05, 3.63) is 29.3 Å². The van der Waals surface area contributed by atoms with Gasteiger partial charge in [-0.1, -0.05) is 0 Å². The van der Waals surface area contributed by atoms with Crippen LogP contribution in [0.25, 0.3) is 0 Å². The van der Waals surface area contributed by atoms with E-state index in [1.807, 2.05) is 0 Å². The number of rotatable bonds is 3. The number of carbonyl (C=O) groups excluding carboxylic acids is 1. The van der Waals surface area contributed by atoms with Crippen LogP contribution in [0.3, 0.4) is 0 Å². The standard InChI is InChI=1S/C10H10F2O2/c1-3-14-9-5-7(11)4-8(6(2)13)10(9)12/h4-5H,3H2,1-2H3. The molecule has 0 amide bonds. The van der Waals surface area contributed by atoms with Gasteiger partial charge in [0, 0.05) is 6.07 Å². The second-order valence-electron chi connectivity index (χ2n) is 2.75. The summed E-state index contributed by atoms with van der Waals surface area (Å²) in [6.07, 6.45) is 0.